The van der Waals surface area contributed by atoms with Crippen molar-refractivity contribution in [3.63, 3.8) is 0 Å². The minimum Gasteiger partial charge on any atom is -0.389 e. The third kappa shape index (κ3) is 4.11. The van der Waals surface area contributed by atoms with E-state index in [0.29, 0.717) is 11.6 Å². The number of rotatable bonds is 5. The second kappa shape index (κ2) is 6.78. The molecule has 1 aromatic carbocycles. The lowest BCUT2D eigenvalue weighted by molar-refractivity contribution is -0.123. The Labute approximate surface area is 119 Å². The van der Waals surface area contributed by atoms with Gasteiger partial charge in [-0.2, -0.15) is 0 Å². The largest absolute Gasteiger partial charge is 0.389 e. The molecular formula is C14H21ClN2O2. The Balaban J connectivity index is 2.83. The van der Waals surface area contributed by atoms with Crippen LogP contribution in [0.15, 0.2) is 18.2 Å². The van der Waals surface area contributed by atoms with Crippen molar-refractivity contribution in [3.05, 3.63) is 28.8 Å². The molecule has 0 heterocycles. The number of anilines is 1. The summed E-state index contributed by atoms with van der Waals surface area (Å²) in [5.41, 5.74) is 1.63. The minimum atomic E-state index is -0.540. The summed E-state index contributed by atoms with van der Waals surface area (Å²) < 4.78 is 0. The van der Waals surface area contributed by atoms with Crippen LogP contribution in [0.2, 0.25) is 5.02 Å². The lowest BCUT2D eigenvalue weighted by atomic mass is 10.1. The van der Waals surface area contributed by atoms with Gasteiger partial charge in [-0.15, -0.1) is 0 Å². The third-order valence-corrected chi connectivity index (χ3v) is 3.41. The van der Waals surface area contributed by atoms with E-state index in [1.54, 1.807) is 20.0 Å². The molecule has 5 heteroatoms. The van der Waals surface area contributed by atoms with E-state index in [1.165, 1.54) is 0 Å². The van der Waals surface area contributed by atoms with Crippen molar-refractivity contribution in [3.8, 4) is 0 Å². The zero-order chi connectivity index (χ0) is 14.6. The lowest BCUT2D eigenvalue weighted by Gasteiger charge is -2.24. The van der Waals surface area contributed by atoms with Crippen molar-refractivity contribution < 1.29 is 9.90 Å². The second-order valence-electron chi connectivity index (χ2n) is 4.78. The number of carbonyl (C=O) groups is 1. The van der Waals surface area contributed by atoms with E-state index in [9.17, 15) is 9.90 Å². The zero-order valence-corrected chi connectivity index (χ0v) is 12.5. The van der Waals surface area contributed by atoms with Crippen molar-refractivity contribution in [1.82, 2.24) is 5.32 Å². The molecule has 0 saturated heterocycles. The number of amides is 1. The molecule has 0 aromatic heterocycles. The average Bonchev–Trinajstić information content (AvgIpc) is 2.37. The predicted octanol–water partition coefficient (Wildman–Crippen LogP) is 2.21. The Morgan fingerprint density at radius 1 is 1.47 bits per heavy atom. The molecule has 0 aliphatic carbocycles. The summed E-state index contributed by atoms with van der Waals surface area (Å²) in [7, 11) is 3.52. The van der Waals surface area contributed by atoms with Crippen LogP contribution < -0.4 is 10.2 Å². The van der Waals surface area contributed by atoms with E-state index in [4.69, 9.17) is 11.6 Å². The third-order valence-electron chi connectivity index (χ3n) is 3.11. The molecule has 1 amide bonds. The molecule has 0 spiro atoms. The maximum Gasteiger partial charge on any atom is 0.224 e. The Morgan fingerprint density at radius 2 is 2.11 bits per heavy atom. The number of hydrogen-bond acceptors (Lipinski definition) is 3. The minimum absolute atomic E-state index is 0.00331. The highest BCUT2D eigenvalue weighted by atomic mass is 35.5. The molecule has 1 rings (SSSR count). The van der Waals surface area contributed by atoms with Crippen LogP contribution in [0.1, 0.15) is 25.5 Å². The summed E-state index contributed by atoms with van der Waals surface area (Å²) in [6, 6.07) is 5.45. The van der Waals surface area contributed by atoms with E-state index >= 15 is 0 Å². The van der Waals surface area contributed by atoms with Crippen LogP contribution in [0.3, 0.4) is 0 Å². The van der Waals surface area contributed by atoms with Crippen LogP contribution in [0, 0.1) is 5.92 Å². The van der Waals surface area contributed by atoms with Gasteiger partial charge in [0.1, 0.15) is 0 Å². The van der Waals surface area contributed by atoms with Crippen molar-refractivity contribution >= 4 is 23.2 Å². The molecule has 2 N–H and O–H groups in total. The SMILES string of the molecule is CNC(=O)C(C)CN(C)c1ccc(C(C)O)cc1Cl. The number of nitrogens with zero attached hydrogens (tertiary/aromatic N) is 1. The van der Waals surface area contributed by atoms with Crippen LogP contribution in [-0.2, 0) is 4.79 Å². The van der Waals surface area contributed by atoms with Crippen LogP contribution in [-0.4, -0.2) is 31.7 Å². The van der Waals surface area contributed by atoms with E-state index in [1.807, 2.05) is 31.0 Å². The molecule has 2 unspecified atom stereocenters. The van der Waals surface area contributed by atoms with Gasteiger partial charge >= 0.3 is 0 Å². The number of aliphatic hydroxyl groups is 1. The molecule has 0 bridgehead atoms. The molecule has 2 atom stereocenters. The van der Waals surface area contributed by atoms with Crippen LogP contribution in [0.25, 0.3) is 0 Å². The summed E-state index contributed by atoms with van der Waals surface area (Å²) in [5.74, 6) is -0.119. The number of benzene rings is 1. The summed E-state index contributed by atoms with van der Waals surface area (Å²) in [6.07, 6.45) is -0.540. The van der Waals surface area contributed by atoms with Gasteiger partial charge in [-0.1, -0.05) is 24.6 Å². The molecule has 0 saturated carbocycles. The van der Waals surface area contributed by atoms with Crippen LogP contribution in [0.4, 0.5) is 5.69 Å². The van der Waals surface area contributed by atoms with E-state index in [2.05, 4.69) is 5.32 Å². The number of nitrogens with one attached hydrogen (secondary N) is 1. The first-order chi connectivity index (χ1) is 8.86. The van der Waals surface area contributed by atoms with Gasteiger partial charge in [-0.3, -0.25) is 4.79 Å². The zero-order valence-electron chi connectivity index (χ0n) is 11.8. The first kappa shape index (κ1) is 15.8. The van der Waals surface area contributed by atoms with E-state index < -0.39 is 6.10 Å². The predicted molar refractivity (Wildman–Crippen MR) is 78.6 cm³/mol. The standard InChI is InChI=1S/C14H21ClN2O2/c1-9(14(19)16-3)8-17(4)13-6-5-11(10(2)18)7-12(13)15/h5-7,9-10,18H,8H2,1-4H3,(H,16,19). The smallest absolute Gasteiger partial charge is 0.224 e. The Hall–Kier alpha value is -1.26. The van der Waals surface area contributed by atoms with E-state index in [-0.39, 0.29) is 11.8 Å². The van der Waals surface area contributed by atoms with Crippen molar-refractivity contribution in [1.29, 1.82) is 0 Å². The summed E-state index contributed by atoms with van der Waals surface area (Å²) in [6.45, 7) is 4.14. The quantitative estimate of drug-likeness (QED) is 0.872. The fourth-order valence-electron chi connectivity index (χ4n) is 1.93. The summed E-state index contributed by atoms with van der Waals surface area (Å²) in [4.78, 5) is 13.4. The molecule has 1 aromatic rings. The number of aliphatic hydroxyl groups excluding tert-OH is 1. The van der Waals surface area contributed by atoms with Crippen molar-refractivity contribution in [2.45, 2.75) is 20.0 Å². The van der Waals surface area contributed by atoms with Crippen molar-refractivity contribution in [2.75, 3.05) is 25.5 Å². The molecule has 0 fully saturated rings. The van der Waals surface area contributed by atoms with Gasteiger partial charge in [-0.25, -0.2) is 0 Å². The maximum absolute atomic E-state index is 11.5. The van der Waals surface area contributed by atoms with Gasteiger partial charge in [0.15, 0.2) is 0 Å². The van der Waals surface area contributed by atoms with Gasteiger partial charge < -0.3 is 15.3 Å². The molecule has 4 nitrogen and oxygen atoms in total. The molecule has 0 radical (unpaired) electrons. The highest BCUT2D eigenvalue weighted by molar-refractivity contribution is 6.33. The first-order valence-corrected chi connectivity index (χ1v) is 6.64. The topological polar surface area (TPSA) is 52.6 Å². The fraction of sp³-hybridized carbons (Fsp3) is 0.500. The molecular weight excluding hydrogens is 264 g/mol. The highest BCUT2D eigenvalue weighted by Gasteiger charge is 2.16. The Bertz CT molecular complexity index is 449. The van der Waals surface area contributed by atoms with Gasteiger partial charge in [0, 0.05) is 20.6 Å². The highest BCUT2D eigenvalue weighted by Crippen LogP contribution is 2.28. The fourth-order valence-corrected chi connectivity index (χ4v) is 2.26. The normalized spacial score (nSPS) is 13.8. The summed E-state index contributed by atoms with van der Waals surface area (Å²) in [5, 5.41) is 12.7. The number of hydrogen-bond donors (Lipinski definition) is 2. The van der Waals surface area contributed by atoms with E-state index in [0.717, 1.165) is 11.3 Å². The monoisotopic (exact) mass is 284 g/mol. The van der Waals surface area contributed by atoms with Crippen molar-refractivity contribution in [2.24, 2.45) is 5.92 Å². The molecule has 0 aliphatic heterocycles. The first-order valence-electron chi connectivity index (χ1n) is 6.27. The van der Waals surface area contributed by atoms with Gasteiger partial charge in [-0.05, 0) is 24.6 Å². The Kier molecular flexibility index (Phi) is 5.63. The summed E-state index contributed by atoms with van der Waals surface area (Å²) >= 11 is 6.21. The van der Waals surface area contributed by atoms with Gasteiger partial charge in [0.05, 0.1) is 22.7 Å². The van der Waals surface area contributed by atoms with Crippen LogP contribution in [0.5, 0.6) is 0 Å². The molecule has 0 aliphatic rings. The number of carbonyl (C=O) groups excluding carboxylic acids is 1. The van der Waals surface area contributed by atoms with Gasteiger partial charge in [0.2, 0.25) is 5.91 Å². The van der Waals surface area contributed by atoms with Crippen LogP contribution >= 0.6 is 11.6 Å². The molecule has 19 heavy (non-hydrogen) atoms. The number of halogens is 1. The second-order valence-corrected chi connectivity index (χ2v) is 5.19. The Morgan fingerprint density at radius 3 is 2.58 bits per heavy atom. The lowest BCUT2D eigenvalue weighted by Crippen LogP contribution is -2.34. The average molecular weight is 285 g/mol. The molecule has 106 valence electrons. The maximum atomic E-state index is 11.5. The van der Waals surface area contributed by atoms with Gasteiger partial charge in [0.25, 0.3) is 0 Å².